The number of ether oxygens (including phenoxy) is 3. The zero-order chi connectivity index (χ0) is 34.0. The Kier molecular flexibility index (Phi) is 14.0. The predicted molar refractivity (Wildman–Crippen MR) is 187 cm³/mol. The van der Waals surface area contributed by atoms with Crippen molar-refractivity contribution in [2.24, 2.45) is 0 Å². The van der Waals surface area contributed by atoms with Crippen molar-refractivity contribution in [3.8, 4) is 28.4 Å². The van der Waals surface area contributed by atoms with Gasteiger partial charge in [0.1, 0.15) is 36.2 Å². The molecule has 3 aromatic rings. The van der Waals surface area contributed by atoms with E-state index in [0.717, 1.165) is 41.8 Å². The number of nitrogens with one attached hydrogen (secondary N) is 1. The van der Waals surface area contributed by atoms with Crippen LogP contribution in [0.3, 0.4) is 0 Å². The van der Waals surface area contributed by atoms with Gasteiger partial charge in [-0.05, 0) is 39.6 Å². The van der Waals surface area contributed by atoms with Crippen molar-refractivity contribution in [1.29, 1.82) is 0 Å². The van der Waals surface area contributed by atoms with Crippen LogP contribution in [0.1, 0.15) is 30.9 Å². The number of aliphatic hydroxyl groups is 2. The standard InChI is InChI=1S/C35H44Cl3N3O6/c1-35(22-42,23-43)39-19-25-17-29(36)32(18-31(25)46-16-14-40(2)3)47-21-24-7-4-8-27(33(24)37)28-9-5-10-30(34(28)38)45-15-6-12-41-13-11-26(44)20-41/h4-5,7-10,17-18,39,42-43H,6,11-16,19-23H2,1-3H3. The number of carbonyl (C=O) groups excluding carboxylic acids is 1. The monoisotopic (exact) mass is 707 g/mol. The number of ketones is 1. The quantitative estimate of drug-likeness (QED) is 0.144. The second-order valence-corrected chi connectivity index (χ2v) is 13.4. The molecule has 1 aliphatic heterocycles. The zero-order valence-electron chi connectivity index (χ0n) is 27.2. The minimum absolute atomic E-state index is 0.140. The number of hydrogen-bond acceptors (Lipinski definition) is 9. The SMILES string of the molecule is CN(C)CCOc1cc(OCc2cccc(-c3cccc(OCCCN4CCC(=O)C4)c3Cl)c2Cl)c(Cl)cc1CNC(C)(CO)CO. The van der Waals surface area contributed by atoms with E-state index in [1.54, 1.807) is 19.1 Å². The van der Waals surface area contributed by atoms with Gasteiger partial charge in [-0.1, -0.05) is 65.1 Å². The van der Waals surface area contributed by atoms with Gasteiger partial charge in [-0.2, -0.15) is 0 Å². The van der Waals surface area contributed by atoms with Crippen LogP contribution in [-0.2, 0) is 17.9 Å². The first-order valence-electron chi connectivity index (χ1n) is 15.7. The van der Waals surface area contributed by atoms with E-state index in [1.807, 2.05) is 55.4 Å². The van der Waals surface area contributed by atoms with Gasteiger partial charge in [-0.15, -0.1) is 0 Å². The van der Waals surface area contributed by atoms with E-state index in [-0.39, 0.29) is 25.6 Å². The molecule has 47 heavy (non-hydrogen) atoms. The third-order valence-corrected chi connectivity index (χ3v) is 9.14. The maximum Gasteiger partial charge on any atom is 0.148 e. The van der Waals surface area contributed by atoms with Crippen molar-refractivity contribution < 1.29 is 29.2 Å². The Morgan fingerprint density at radius 1 is 0.894 bits per heavy atom. The van der Waals surface area contributed by atoms with Gasteiger partial charge in [0.15, 0.2) is 0 Å². The number of halogens is 3. The molecule has 1 saturated heterocycles. The second-order valence-electron chi connectivity index (χ2n) is 12.2. The van der Waals surface area contributed by atoms with Gasteiger partial charge in [0.05, 0.1) is 47.0 Å². The summed E-state index contributed by atoms with van der Waals surface area (Å²) >= 11 is 20.4. The normalized spacial score (nSPS) is 13.9. The molecular formula is C35H44Cl3N3O6. The second kappa shape index (κ2) is 17.7. The molecule has 0 unspecified atom stereocenters. The highest BCUT2D eigenvalue weighted by molar-refractivity contribution is 6.37. The van der Waals surface area contributed by atoms with Gasteiger partial charge in [0, 0.05) is 60.9 Å². The van der Waals surface area contributed by atoms with Crippen molar-refractivity contribution in [1.82, 2.24) is 15.1 Å². The number of carbonyl (C=O) groups is 1. The lowest BCUT2D eigenvalue weighted by Crippen LogP contribution is -2.48. The summed E-state index contributed by atoms with van der Waals surface area (Å²) in [6, 6.07) is 14.8. The summed E-state index contributed by atoms with van der Waals surface area (Å²) in [5.74, 6) is 1.86. The number of likely N-dealkylation sites (tertiary alicyclic amines) is 1. The topological polar surface area (TPSA) is 104 Å². The molecule has 4 rings (SSSR count). The molecular weight excluding hydrogens is 665 g/mol. The molecule has 0 bridgehead atoms. The molecule has 0 radical (unpaired) electrons. The molecule has 0 spiro atoms. The molecule has 256 valence electrons. The molecule has 0 aromatic heterocycles. The van der Waals surface area contributed by atoms with Gasteiger partial charge < -0.3 is 34.6 Å². The van der Waals surface area contributed by atoms with E-state index < -0.39 is 5.54 Å². The molecule has 0 saturated carbocycles. The summed E-state index contributed by atoms with van der Waals surface area (Å²) in [7, 11) is 3.93. The van der Waals surface area contributed by atoms with Crippen LogP contribution in [0.2, 0.25) is 15.1 Å². The predicted octanol–water partition coefficient (Wildman–Crippen LogP) is 5.71. The first-order chi connectivity index (χ1) is 22.5. The highest BCUT2D eigenvalue weighted by Crippen LogP contribution is 2.40. The number of nitrogens with zero attached hydrogens (tertiary/aromatic N) is 2. The smallest absolute Gasteiger partial charge is 0.148 e. The molecule has 12 heteroatoms. The molecule has 0 atom stereocenters. The van der Waals surface area contributed by atoms with Gasteiger partial charge >= 0.3 is 0 Å². The van der Waals surface area contributed by atoms with Crippen molar-refractivity contribution in [3.63, 3.8) is 0 Å². The average molecular weight is 709 g/mol. The third kappa shape index (κ3) is 10.4. The lowest BCUT2D eigenvalue weighted by molar-refractivity contribution is -0.116. The van der Waals surface area contributed by atoms with Crippen LogP contribution in [0.15, 0.2) is 48.5 Å². The van der Waals surface area contributed by atoms with E-state index in [1.165, 1.54) is 0 Å². The fourth-order valence-corrected chi connectivity index (χ4v) is 5.81. The van der Waals surface area contributed by atoms with Crippen LogP contribution in [-0.4, -0.2) is 98.0 Å². The Balaban J connectivity index is 1.47. The van der Waals surface area contributed by atoms with Crippen molar-refractivity contribution in [2.45, 2.75) is 38.5 Å². The lowest BCUT2D eigenvalue weighted by atomic mass is 10.0. The van der Waals surface area contributed by atoms with Gasteiger partial charge in [0.25, 0.3) is 0 Å². The number of hydrogen-bond donors (Lipinski definition) is 3. The molecule has 0 aliphatic carbocycles. The van der Waals surface area contributed by atoms with Crippen molar-refractivity contribution in [3.05, 3.63) is 74.7 Å². The molecule has 1 fully saturated rings. The molecule has 9 nitrogen and oxygen atoms in total. The van der Waals surface area contributed by atoms with Gasteiger partial charge in [-0.3, -0.25) is 9.69 Å². The highest BCUT2D eigenvalue weighted by atomic mass is 35.5. The summed E-state index contributed by atoms with van der Waals surface area (Å²) in [6.45, 7) is 5.47. The van der Waals surface area contributed by atoms with Gasteiger partial charge in [0.2, 0.25) is 0 Å². The number of likely N-dealkylation sites (N-methyl/N-ethyl adjacent to an activating group) is 1. The van der Waals surface area contributed by atoms with E-state index in [9.17, 15) is 15.0 Å². The number of benzene rings is 3. The summed E-state index contributed by atoms with van der Waals surface area (Å²) in [6.07, 6.45) is 1.41. The summed E-state index contributed by atoms with van der Waals surface area (Å²) in [5.41, 5.74) is 2.12. The van der Waals surface area contributed by atoms with E-state index in [0.29, 0.717) is 71.6 Å². The van der Waals surface area contributed by atoms with Crippen LogP contribution < -0.4 is 19.5 Å². The third-order valence-electron chi connectivity index (χ3n) is 8.01. The fraction of sp³-hybridized carbons (Fsp3) is 0.457. The van der Waals surface area contributed by atoms with Crippen LogP contribution in [0.25, 0.3) is 11.1 Å². The molecule has 3 N–H and O–H groups in total. The number of aliphatic hydroxyl groups excluding tert-OH is 2. The lowest BCUT2D eigenvalue weighted by Gasteiger charge is -2.27. The molecule has 3 aromatic carbocycles. The van der Waals surface area contributed by atoms with Crippen LogP contribution >= 0.6 is 34.8 Å². The Morgan fingerprint density at radius 2 is 1.60 bits per heavy atom. The maximum atomic E-state index is 11.5. The summed E-state index contributed by atoms with van der Waals surface area (Å²) in [5, 5.41) is 23.9. The summed E-state index contributed by atoms with van der Waals surface area (Å²) < 4.78 is 18.3. The van der Waals surface area contributed by atoms with E-state index >= 15 is 0 Å². The number of Topliss-reactive ketones (excluding diaryl/α,β-unsaturated/α-hetero) is 1. The highest BCUT2D eigenvalue weighted by Gasteiger charge is 2.23. The fourth-order valence-electron chi connectivity index (χ4n) is 5.00. The molecule has 1 heterocycles. The van der Waals surface area contributed by atoms with E-state index in [4.69, 9.17) is 49.0 Å². The Hall–Kier alpha value is -2.60. The largest absolute Gasteiger partial charge is 0.492 e. The van der Waals surface area contributed by atoms with Crippen molar-refractivity contribution >= 4 is 40.6 Å². The van der Waals surface area contributed by atoms with Gasteiger partial charge in [-0.25, -0.2) is 0 Å². The first-order valence-corrected chi connectivity index (χ1v) is 16.8. The first kappa shape index (κ1) is 37.2. The Labute approximate surface area is 292 Å². The Bertz CT molecular complexity index is 1500. The minimum Gasteiger partial charge on any atom is -0.492 e. The Morgan fingerprint density at radius 3 is 2.28 bits per heavy atom. The minimum atomic E-state index is -0.866. The molecule has 0 amide bonds. The van der Waals surface area contributed by atoms with E-state index in [2.05, 4.69) is 10.2 Å². The average Bonchev–Trinajstić information content (AvgIpc) is 3.48. The summed E-state index contributed by atoms with van der Waals surface area (Å²) in [4.78, 5) is 15.7. The van der Waals surface area contributed by atoms with Crippen molar-refractivity contribution in [2.75, 3.05) is 66.7 Å². The molecule has 1 aliphatic rings. The van der Waals surface area contributed by atoms with Crippen LogP contribution in [0, 0.1) is 0 Å². The van der Waals surface area contributed by atoms with Crippen LogP contribution in [0.4, 0.5) is 0 Å². The maximum absolute atomic E-state index is 11.5. The van der Waals surface area contributed by atoms with Crippen LogP contribution in [0.5, 0.6) is 17.2 Å². The number of rotatable bonds is 18. The zero-order valence-corrected chi connectivity index (χ0v) is 29.4.